The molecule has 0 aliphatic heterocycles. The van der Waals surface area contributed by atoms with E-state index in [-0.39, 0.29) is 40.6 Å². The first kappa shape index (κ1) is 35.4. The number of anilines is 1. The van der Waals surface area contributed by atoms with Gasteiger partial charge in [-0.3, -0.25) is 13.9 Å². The van der Waals surface area contributed by atoms with E-state index in [2.05, 4.69) is 5.32 Å². The van der Waals surface area contributed by atoms with Crippen LogP contribution >= 0.6 is 0 Å². The molecule has 0 unspecified atom stereocenters. The molecule has 3 aromatic rings. The zero-order valence-corrected chi connectivity index (χ0v) is 28.8. The lowest BCUT2D eigenvalue weighted by molar-refractivity contribution is -0.140. The average molecular weight is 668 g/mol. The highest BCUT2D eigenvalue weighted by atomic mass is 32.2. The zero-order chi connectivity index (χ0) is 34.1. The minimum atomic E-state index is -4.43. The summed E-state index contributed by atoms with van der Waals surface area (Å²) in [6.45, 7) is 3.29. The molecule has 3 aromatic carbocycles. The second-order valence-corrected chi connectivity index (χ2v) is 13.3. The minimum absolute atomic E-state index is 0.0517. The van der Waals surface area contributed by atoms with Crippen LogP contribution in [0.1, 0.15) is 50.2 Å². The van der Waals surface area contributed by atoms with E-state index in [0.29, 0.717) is 17.9 Å². The van der Waals surface area contributed by atoms with Crippen molar-refractivity contribution >= 4 is 27.5 Å². The highest BCUT2D eigenvalue weighted by Gasteiger charge is 2.36. The quantitative estimate of drug-likeness (QED) is 0.238. The normalized spacial score (nSPS) is 13.8. The van der Waals surface area contributed by atoms with Crippen LogP contribution in [0.2, 0.25) is 0 Å². The second-order valence-electron chi connectivity index (χ2n) is 11.5. The van der Waals surface area contributed by atoms with Gasteiger partial charge in [0.1, 0.15) is 24.1 Å². The van der Waals surface area contributed by atoms with Gasteiger partial charge < -0.3 is 29.2 Å². The van der Waals surface area contributed by atoms with Gasteiger partial charge in [-0.2, -0.15) is 0 Å². The maximum Gasteiger partial charge on any atom is 0.265 e. The van der Waals surface area contributed by atoms with E-state index in [1.54, 1.807) is 12.1 Å². The van der Waals surface area contributed by atoms with Gasteiger partial charge in [-0.05, 0) is 56.0 Å². The van der Waals surface area contributed by atoms with E-state index >= 15 is 0 Å². The molecule has 11 nitrogen and oxygen atoms in total. The largest absolute Gasteiger partial charge is 0.497 e. The Labute approximate surface area is 277 Å². The Morgan fingerprint density at radius 3 is 2.09 bits per heavy atom. The maximum atomic E-state index is 14.5. The fourth-order valence-electron chi connectivity index (χ4n) is 5.79. The van der Waals surface area contributed by atoms with Gasteiger partial charge in [0.25, 0.3) is 10.0 Å². The van der Waals surface area contributed by atoms with Crippen LogP contribution in [0.4, 0.5) is 5.69 Å². The van der Waals surface area contributed by atoms with E-state index in [4.69, 9.17) is 18.9 Å². The van der Waals surface area contributed by atoms with Crippen LogP contribution in [0.3, 0.4) is 0 Å². The summed E-state index contributed by atoms with van der Waals surface area (Å²) >= 11 is 0. The number of nitrogens with one attached hydrogen (secondary N) is 1. The number of carbonyl (C=O) groups excluding carboxylic acids is 2. The predicted octanol–water partition coefficient (Wildman–Crippen LogP) is 5.09. The van der Waals surface area contributed by atoms with Crippen LogP contribution in [0.5, 0.6) is 23.0 Å². The summed E-state index contributed by atoms with van der Waals surface area (Å²) in [6, 6.07) is 15.8. The second kappa shape index (κ2) is 15.9. The summed E-state index contributed by atoms with van der Waals surface area (Å²) in [5.41, 5.74) is 1.95. The van der Waals surface area contributed by atoms with Gasteiger partial charge in [0.15, 0.2) is 11.5 Å². The van der Waals surface area contributed by atoms with Gasteiger partial charge in [0, 0.05) is 24.7 Å². The molecule has 1 atom stereocenters. The van der Waals surface area contributed by atoms with Crippen molar-refractivity contribution in [3.05, 3.63) is 71.8 Å². The van der Waals surface area contributed by atoms with E-state index < -0.39 is 28.5 Å². The number of aryl methyl sites for hydroxylation is 1. The Kier molecular flexibility index (Phi) is 12.0. The van der Waals surface area contributed by atoms with E-state index in [1.165, 1.54) is 57.6 Å². The molecule has 1 fully saturated rings. The first-order valence-corrected chi connectivity index (χ1v) is 17.1. The Morgan fingerprint density at radius 2 is 1.49 bits per heavy atom. The van der Waals surface area contributed by atoms with Gasteiger partial charge >= 0.3 is 0 Å². The van der Waals surface area contributed by atoms with E-state index in [9.17, 15) is 18.0 Å². The lowest BCUT2D eigenvalue weighted by atomic mass is 10.1. The first-order chi connectivity index (χ1) is 22.6. The van der Waals surface area contributed by atoms with Crippen LogP contribution in [0, 0.1) is 6.92 Å². The lowest BCUT2D eigenvalue weighted by Gasteiger charge is -2.34. The molecule has 0 spiro atoms. The van der Waals surface area contributed by atoms with E-state index in [1.807, 2.05) is 38.1 Å². The van der Waals surface area contributed by atoms with Gasteiger partial charge in [-0.25, -0.2) is 8.42 Å². The lowest BCUT2D eigenvalue weighted by Crippen LogP contribution is -2.53. The smallest absolute Gasteiger partial charge is 0.265 e. The van der Waals surface area contributed by atoms with Gasteiger partial charge in [0.2, 0.25) is 11.8 Å². The van der Waals surface area contributed by atoms with Gasteiger partial charge in [-0.15, -0.1) is 0 Å². The van der Waals surface area contributed by atoms with Crippen LogP contribution < -0.4 is 28.6 Å². The van der Waals surface area contributed by atoms with Crippen molar-refractivity contribution < 1.29 is 37.0 Å². The number of sulfonamides is 1. The van der Waals surface area contributed by atoms with Crippen LogP contribution in [-0.4, -0.2) is 72.2 Å². The van der Waals surface area contributed by atoms with Crippen LogP contribution in [0.25, 0.3) is 0 Å². The maximum absolute atomic E-state index is 14.5. The monoisotopic (exact) mass is 667 g/mol. The fraction of sp³-hybridized carbons (Fsp3) is 0.429. The number of methoxy groups -OCH3 is 4. The molecule has 0 bridgehead atoms. The highest BCUT2D eigenvalue weighted by Crippen LogP contribution is 2.38. The van der Waals surface area contributed by atoms with Crippen molar-refractivity contribution in [1.82, 2.24) is 10.2 Å². The highest BCUT2D eigenvalue weighted by molar-refractivity contribution is 7.92. The van der Waals surface area contributed by atoms with Crippen LogP contribution in [0.15, 0.2) is 65.6 Å². The molecule has 1 saturated carbocycles. The van der Waals surface area contributed by atoms with Crippen molar-refractivity contribution in [2.24, 2.45) is 0 Å². The first-order valence-electron chi connectivity index (χ1n) is 15.7. The summed E-state index contributed by atoms with van der Waals surface area (Å²) in [4.78, 5) is 29.6. The molecule has 0 heterocycles. The molecule has 47 heavy (non-hydrogen) atoms. The average Bonchev–Trinajstić information content (AvgIpc) is 3.60. The molecule has 12 heteroatoms. The third kappa shape index (κ3) is 8.29. The van der Waals surface area contributed by atoms with Crippen LogP contribution in [-0.2, 0) is 26.2 Å². The zero-order valence-electron chi connectivity index (χ0n) is 27.9. The number of ether oxygens (including phenoxy) is 4. The fourth-order valence-corrected chi connectivity index (χ4v) is 7.22. The third-order valence-corrected chi connectivity index (χ3v) is 10.2. The Hall–Kier alpha value is -4.45. The van der Waals surface area contributed by atoms with E-state index in [0.717, 1.165) is 41.1 Å². The Morgan fingerprint density at radius 1 is 0.851 bits per heavy atom. The number of carbonyl (C=O) groups is 2. The van der Waals surface area contributed by atoms with Gasteiger partial charge in [-0.1, -0.05) is 49.6 Å². The van der Waals surface area contributed by atoms with Gasteiger partial charge in [0.05, 0.1) is 39.0 Å². The summed E-state index contributed by atoms with van der Waals surface area (Å²) in [7, 11) is 1.30. The Balaban J connectivity index is 1.81. The summed E-state index contributed by atoms with van der Waals surface area (Å²) < 4.78 is 51.7. The topological polar surface area (TPSA) is 124 Å². The third-order valence-electron chi connectivity index (χ3n) is 8.44. The van der Waals surface area contributed by atoms with Crippen molar-refractivity contribution in [2.45, 2.75) is 69.5 Å². The molecule has 1 aliphatic carbocycles. The van der Waals surface area contributed by atoms with Crippen molar-refractivity contribution in [2.75, 3.05) is 39.3 Å². The van der Waals surface area contributed by atoms with Crippen molar-refractivity contribution in [1.29, 1.82) is 0 Å². The number of hydrogen-bond acceptors (Lipinski definition) is 8. The number of hydrogen-bond donors (Lipinski definition) is 1. The number of nitrogens with zero attached hydrogens (tertiary/aromatic N) is 2. The predicted molar refractivity (Wildman–Crippen MR) is 180 cm³/mol. The molecule has 0 saturated heterocycles. The number of amides is 2. The van der Waals surface area contributed by atoms with Crippen molar-refractivity contribution in [3.8, 4) is 23.0 Å². The number of rotatable bonds is 15. The molecule has 4 rings (SSSR count). The summed E-state index contributed by atoms with van der Waals surface area (Å²) in [5, 5.41) is 3.13. The summed E-state index contributed by atoms with van der Waals surface area (Å²) in [6.07, 6.45) is 4.20. The molecular formula is C35H45N3O8S. The molecule has 0 aromatic heterocycles. The molecule has 2 amide bonds. The summed E-state index contributed by atoms with van der Waals surface area (Å²) in [5.74, 6) is 0.295. The standard InChI is InChI=1S/C35H45N3O8S/c1-7-29(35(40)36-26-10-8-9-11-26)37(22-25-14-12-24(2)13-15-25)34(39)23-38(30-20-27(43-3)16-18-31(30)44-4)47(41,42)28-17-19-32(45-5)33(21-28)46-6/h12-21,26,29H,7-11,22-23H2,1-6H3,(H,36,40)/t29-/m1/s1. The minimum Gasteiger partial charge on any atom is -0.497 e. The Bertz CT molecular complexity index is 1640. The molecular weight excluding hydrogens is 622 g/mol. The molecule has 254 valence electrons. The number of benzene rings is 3. The molecule has 1 aliphatic rings. The molecule has 1 N–H and O–H groups in total. The molecule has 0 radical (unpaired) electrons. The SMILES string of the molecule is CC[C@H](C(=O)NC1CCCC1)N(Cc1ccc(C)cc1)C(=O)CN(c1cc(OC)ccc1OC)S(=O)(=O)c1ccc(OC)c(OC)c1. The van der Waals surface area contributed by atoms with Crippen molar-refractivity contribution in [3.63, 3.8) is 0 Å².